The highest BCUT2D eigenvalue weighted by atomic mass is 32.1. The second-order valence-electron chi connectivity index (χ2n) is 12.9. The molecule has 9 N–H and O–H groups in total. The predicted octanol–water partition coefficient (Wildman–Crippen LogP) is 6.18. The molecule has 0 aliphatic carbocycles. The molecule has 0 spiro atoms. The van der Waals surface area contributed by atoms with Crippen molar-refractivity contribution >= 4 is 37.9 Å². The normalized spacial score (nSPS) is 13.2. The molecule has 0 aromatic heterocycles. The lowest BCUT2D eigenvalue weighted by atomic mass is 9.78. The second-order valence-corrected chi connectivity index (χ2v) is 14.4. The molecule has 9 nitrogen and oxygen atoms in total. The lowest BCUT2D eigenvalue weighted by Crippen LogP contribution is -2.11. The fourth-order valence-electron chi connectivity index (χ4n) is 7.01. The Morgan fingerprint density at radius 2 is 0.849 bits per heavy atom. The number of hydrogen-bond acceptors (Lipinski definition) is 12. The van der Waals surface area contributed by atoms with E-state index < -0.39 is 43.5 Å². The SMILES string of the molecule is CC(S)c1cc(C(c2ccc(C(c3cc(CO)c(O)c(CS)c3)c3ccc(CO)c(O)c3CS)cc2)c2cc(CO)c(O)c(CO)c2)cc(CO)c1O. The molecule has 0 heterocycles. The quantitative estimate of drug-likeness (QED) is 0.0463. The standard InChI is InChI=1S/C41H44O9S3/c1-21(53)34-13-27(11-31(18-46)41(34)50)36(25-8-28(15-43)38(47)29(9-25)16-44)22-2-4-23(5-3-22)37(26-10-30(17-45)39(48)32(12-26)19-51)33-7-6-24(14-42)40(49)35(33)20-52/h2-13,21,36-37,42-53H,14-20H2,1H3. The van der Waals surface area contributed by atoms with Crippen molar-refractivity contribution in [2.75, 3.05) is 0 Å². The Bertz CT molecular complexity index is 2030. The molecular formula is C41H44O9S3. The summed E-state index contributed by atoms with van der Waals surface area (Å²) in [4.78, 5) is 0. The molecule has 0 aliphatic heterocycles. The highest BCUT2D eigenvalue weighted by Crippen LogP contribution is 2.44. The zero-order chi connectivity index (χ0) is 38.6. The molecule has 5 rings (SSSR count). The Morgan fingerprint density at radius 1 is 0.434 bits per heavy atom. The van der Waals surface area contributed by atoms with Gasteiger partial charge in [0.25, 0.3) is 0 Å². The van der Waals surface area contributed by atoms with Crippen molar-refractivity contribution in [3.63, 3.8) is 0 Å². The maximum atomic E-state index is 11.2. The number of rotatable bonds is 14. The van der Waals surface area contributed by atoms with E-state index >= 15 is 0 Å². The van der Waals surface area contributed by atoms with E-state index in [0.717, 1.165) is 11.1 Å². The van der Waals surface area contributed by atoms with Gasteiger partial charge in [0.2, 0.25) is 0 Å². The molecule has 5 aromatic carbocycles. The largest absolute Gasteiger partial charge is 0.507 e. The first-order valence-electron chi connectivity index (χ1n) is 16.9. The van der Waals surface area contributed by atoms with E-state index in [0.29, 0.717) is 55.6 Å². The third-order valence-corrected chi connectivity index (χ3v) is 10.7. The summed E-state index contributed by atoms with van der Waals surface area (Å²) in [7, 11) is 0. The maximum absolute atomic E-state index is 11.2. The topological polar surface area (TPSA) is 182 Å². The zero-order valence-corrected chi connectivity index (χ0v) is 31.7. The molecule has 5 aromatic rings. The van der Waals surface area contributed by atoms with Gasteiger partial charge in [-0.15, -0.1) is 0 Å². The molecule has 0 fully saturated rings. The van der Waals surface area contributed by atoms with E-state index in [1.165, 1.54) is 0 Å². The van der Waals surface area contributed by atoms with Gasteiger partial charge in [-0.3, -0.25) is 0 Å². The first-order valence-corrected chi connectivity index (χ1v) is 18.7. The summed E-state index contributed by atoms with van der Waals surface area (Å²) in [6.07, 6.45) is 0. The highest BCUT2D eigenvalue weighted by Gasteiger charge is 2.27. The van der Waals surface area contributed by atoms with Crippen LogP contribution < -0.4 is 0 Å². The van der Waals surface area contributed by atoms with E-state index in [-0.39, 0.29) is 52.2 Å². The molecule has 0 aliphatic rings. The van der Waals surface area contributed by atoms with E-state index in [9.17, 15) is 46.0 Å². The van der Waals surface area contributed by atoms with Crippen molar-refractivity contribution in [3.05, 3.63) is 151 Å². The fourth-order valence-corrected chi connectivity index (χ4v) is 7.78. The van der Waals surface area contributed by atoms with Crippen LogP contribution in [0.5, 0.6) is 23.0 Å². The number of aliphatic hydroxyl groups excluding tert-OH is 5. The molecule has 0 saturated heterocycles. The van der Waals surface area contributed by atoms with Crippen LogP contribution in [0.2, 0.25) is 0 Å². The minimum atomic E-state index is -0.582. The molecule has 0 radical (unpaired) electrons. The van der Waals surface area contributed by atoms with Crippen LogP contribution in [0.1, 0.15) is 102 Å². The van der Waals surface area contributed by atoms with Crippen LogP contribution in [0, 0.1) is 0 Å². The molecule has 0 amide bonds. The van der Waals surface area contributed by atoms with Crippen LogP contribution >= 0.6 is 37.9 Å². The number of benzene rings is 5. The van der Waals surface area contributed by atoms with Crippen molar-refractivity contribution < 1.29 is 46.0 Å². The van der Waals surface area contributed by atoms with Gasteiger partial charge in [0.1, 0.15) is 23.0 Å². The molecule has 0 bridgehead atoms. The van der Waals surface area contributed by atoms with Crippen LogP contribution in [0.4, 0.5) is 0 Å². The molecule has 12 heteroatoms. The second kappa shape index (κ2) is 17.5. The Kier molecular flexibility index (Phi) is 13.3. The van der Waals surface area contributed by atoms with Gasteiger partial charge < -0.3 is 46.0 Å². The van der Waals surface area contributed by atoms with Crippen LogP contribution in [-0.4, -0.2) is 46.0 Å². The van der Waals surface area contributed by atoms with Crippen molar-refractivity contribution in [1.82, 2.24) is 0 Å². The third kappa shape index (κ3) is 8.01. The monoisotopic (exact) mass is 776 g/mol. The average molecular weight is 777 g/mol. The van der Waals surface area contributed by atoms with Gasteiger partial charge >= 0.3 is 0 Å². The summed E-state index contributed by atoms with van der Waals surface area (Å²) in [6.45, 7) is -0.399. The number of thiol groups is 3. The van der Waals surface area contributed by atoms with Crippen LogP contribution in [0.3, 0.4) is 0 Å². The van der Waals surface area contributed by atoms with E-state index in [2.05, 4.69) is 37.9 Å². The molecule has 3 unspecified atom stereocenters. The first-order chi connectivity index (χ1) is 25.5. The van der Waals surface area contributed by atoms with Crippen LogP contribution in [-0.2, 0) is 44.5 Å². The van der Waals surface area contributed by atoms with Gasteiger partial charge in [-0.2, -0.15) is 37.9 Å². The minimum Gasteiger partial charge on any atom is -0.507 e. The minimum absolute atomic E-state index is 0.0551. The summed E-state index contributed by atoms with van der Waals surface area (Å²) < 4.78 is 0. The smallest absolute Gasteiger partial charge is 0.126 e. The molecule has 53 heavy (non-hydrogen) atoms. The van der Waals surface area contributed by atoms with Gasteiger partial charge in [0.05, 0.1) is 33.0 Å². The Labute approximate surface area is 324 Å². The number of aromatic hydroxyl groups is 4. The summed E-state index contributed by atoms with van der Waals surface area (Å²) in [6, 6.07) is 21.4. The lowest BCUT2D eigenvalue weighted by Gasteiger charge is -2.26. The van der Waals surface area contributed by atoms with E-state index in [1.807, 2.05) is 30.3 Å². The molecular weight excluding hydrogens is 733 g/mol. The van der Waals surface area contributed by atoms with Crippen molar-refractivity contribution in [2.45, 2.75) is 68.5 Å². The predicted molar refractivity (Wildman–Crippen MR) is 213 cm³/mol. The first kappa shape index (κ1) is 40.3. The summed E-state index contributed by atoms with van der Waals surface area (Å²) in [5.41, 5.74) is 7.12. The fraction of sp³-hybridized carbons (Fsp3) is 0.268. The highest BCUT2D eigenvalue weighted by molar-refractivity contribution is 7.80. The van der Waals surface area contributed by atoms with Crippen molar-refractivity contribution in [2.24, 2.45) is 0 Å². The van der Waals surface area contributed by atoms with Gasteiger partial charge in [-0.05, 0) is 64.6 Å². The van der Waals surface area contributed by atoms with Crippen molar-refractivity contribution in [3.8, 4) is 23.0 Å². The number of hydrogen-bond donors (Lipinski definition) is 12. The van der Waals surface area contributed by atoms with Crippen molar-refractivity contribution in [1.29, 1.82) is 0 Å². The summed E-state index contributed by atoms with van der Waals surface area (Å²) in [5, 5.41) is 93.7. The third-order valence-electron chi connectivity index (χ3n) is 9.77. The van der Waals surface area contributed by atoms with Crippen LogP contribution in [0.25, 0.3) is 0 Å². The van der Waals surface area contributed by atoms with E-state index in [4.69, 9.17) is 0 Å². The zero-order valence-electron chi connectivity index (χ0n) is 29.0. The lowest BCUT2D eigenvalue weighted by molar-refractivity contribution is 0.263. The number of phenols is 4. The van der Waals surface area contributed by atoms with Gasteiger partial charge in [-0.1, -0.05) is 48.5 Å². The van der Waals surface area contributed by atoms with Crippen LogP contribution in [0.15, 0.2) is 72.8 Å². The summed E-state index contributed by atoms with van der Waals surface area (Å²) in [5.74, 6) is -1.20. The maximum Gasteiger partial charge on any atom is 0.126 e. The Balaban J connectivity index is 1.78. The Hall–Kier alpha value is -3.85. The number of aliphatic hydroxyl groups is 5. The van der Waals surface area contributed by atoms with Gasteiger partial charge in [-0.25, -0.2) is 0 Å². The molecule has 0 saturated carbocycles. The van der Waals surface area contributed by atoms with Gasteiger partial charge in [0.15, 0.2) is 0 Å². The van der Waals surface area contributed by atoms with E-state index in [1.54, 1.807) is 49.4 Å². The molecule has 280 valence electrons. The van der Waals surface area contributed by atoms with Gasteiger partial charge in [0, 0.05) is 73.1 Å². The molecule has 3 atom stereocenters. The summed E-state index contributed by atoms with van der Waals surface area (Å²) >= 11 is 13.5. The Morgan fingerprint density at radius 3 is 1.30 bits per heavy atom. The average Bonchev–Trinajstić information content (AvgIpc) is 3.16.